The van der Waals surface area contributed by atoms with E-state index in [1.54, 1.807) is 0 Å². The molecule has 2 N–H and O–H groups in total. The van der Waals surface area contributed by atoms with E-state index in [4.69, 9.17) is 5.73 Å². The summed E-state index contributed by atoms with van der Waals surface area (Å²) in [6.45, 7) is 7.86. The SMILES string of the molecule is CCCCN(c1cccc(N)c1)C(C)CC. The lowest BCUT2D eigenvalue weighted by Crippen LogP contribution is -2.33. The van der Waals surface area contributed by atoms with Crippen molar-refractivity contribution in [1.82, 2.24) is 0 Å². The molecule has 2 heteroatoms. The molecule has 1 rings (SSSR count). The Balaban J connectivity index is 2.82. The van der Waals surface area contributed by atoms with E-state index in [2.05, 4.69) is 37.8 Å². The van der Waals surface area contributed by atoms with Crippen LogP contribution in [0.2, 0.25) is 0 Å². The Morgan fingerprint density at radius 1 is 1.31 bits per heavy atom. The monoisotopic (exact) mass is 220 g/mol. The molecule has 2 nitrogen and oxygen atoms in total. The van der Waals surface area contributed by atoms with Crippen molar-refractivity contribution in [3.63, 3.8) is 0 Å². The number of hydrogen-bond acceptors (Lipinski definition) is 2. The summed E-state index contributed by atoms with van der Waals surface area (Å²) in [5.74, 6) is 0. The number of nitrogen functional groups attached to an aromatic ring is 1. The molecule has 0 aliphatic carbocycles. The fourth-order valence-electron chi connectivity index (χ4n) is 1.86. The second kappa shape index (κ2) is 6.41. The number of anilines is 2. The van der Waals surface area contributed by atoms with Crippen molar-refractivity contribution in [2.45, 2.75) is 46.1 Å². The molecule has 0 aromatic heterocycles. The largest absolute Gasteiger partial charge is 0.399 e. The Morgan fingerprint density at radius 2 is 2.06 bits per heavy atom. The van der Waals surface area contributed by atoms with Crippen LogP contribution in [0.5, 0.6) is 0 Å². The van der Waals surface area contributed by atoms with Gasteiger partial charge in [0.2, 0.25) is 0 Å². The van der Waals surface area contributed by atoms with E-state index >= 15 is 0 Å². The molecular formula is C14H24N2. The standard InChI is InChI=1S/C14H24N2/c1-4-6-10-16(12(3)5-2)14-9-7-8-13(15)11-14/h7-9,11-12H,4-6,10,15H2,1-3H3. The summed E-state index contributed by atoms with van der Waals surface area (Å²) in [6.07, 6.45) is 3.63. The normalized spacial score (nSPS) is 12.4. The number of nitrogens with two attached hydrogens (primary N) is 1. The summed E-state index contributed by atoms with van der Waals surface area (Å²) in [7, 11) is 0. The van der Waals surface area contributed by atoms with Gasteiger partial charge < -0.3 is 10.6 Å². The van der Waals surface area contributed by atoms with Gasteiger partial charge in [0.05, 0.1) is 0 Å². The molecule has 1 aromatic rings. The van der Waals surface area contributed by atoms with Crippen LogP contribution in [-0.2, 0) is 0 Å². The summed E-state index contributed by atoms with van der Waals surface area (Å²) >= 11 is 0. The Kier molecular flexibility index (Phi) is 5.17. The molecule has 0 radical (unpaired) electrons. The Bertz CT molecular complexity index is 309. The van der Waals surface area contributed by atoms with E-state index in [9.17, 15) is 0 Å². The van der Waals surface area contributed by atoms with Gasteiger partial charge in [-0.15, -0.1) is 0 Å². The smallest absolute Gasteiger partial charge is 0.0389 e. The molecule has 1 aromatic carbocycles. The van der Waals surface area contributed by atoms with E-state index in [0.717, 1.165) is 12.2 Å². The van der Waals surface area contributed by atoms with Crippen molar-refractivity contribution in [3.05, 3.63) is 24.3 Å². The van der Waals surface area contributed by atoms with Crippen LogP contribution < -0.4 is 10.6 Å². The molecule has 0 aliphatic heterocycles. The van der Waals surface area contributed by atoms with Crippen molar-refractivity contribution in [2.24, 2.45) is 0 Å². The second-order valence-corrected chi connectivity index (χ2v) is 4.40. The molecule has 0 spiro atoms. The molecule has 90 valence electrons. The van der Waals surface area contributed by atoms with Crippen LogP contribution in [0, 0.1) is 0 Å². The van der Waals surface area contributed by atoms with Crippen LogP contribution in [0.25, 0.3) is 0 Å². The van der Waals surface area contributed by atoms with Gasteiger partial charge in [-0.1, -0.05) is 26.3 Å². The zero-order valence-corrected chi connectivity index (χ0v) is 10.7. The average molecular weight is 220 g/mol. The summed E-state index contributed by atoms with van der Waals surface area (Å²) < 4.78 is 0. The van der Waals surface area contributed by atoms with Crippen LogP contribution in [0.15, 0.2) is 24.3 Å². The van der Waals surface area contributed by atoms with E-state index in [0.29, 0.717) is 6.04 Å². The zero-order valence-electron chi connectivity index (χ0n) is 10.7. The number of benzene rings is 1. The fraction of sp³-hybridized carbons (Fsp3) is 0.571. The maximum Gasteiger partial charge on any atom is 0.0389 e. The lowest BCUT2D eigenvalue weighted by Gasteiger charge is -2.31. The molecule has 0 fully saturated rings. The van der Waals surface area contributed by atoms with Gasteiger partial charge in [0.25, 0.3) is 0 Å². The fourth-order valence-corrected chi connectivity index (χ4v) is 1.86. The van der Waals surface area contributed by atoms with E-state index < -0.39 is 0 Å². The quantitative estimate of drug-likeness (QED) is 0.741. The van der Waals surface area contributed by atoms with Gasteiger partial charge in [0.1, 0.15) is 0 Å². The van der Waals surface area contributed by atoms with Crippen LogP contribution in [-0.4, -0.2) is 12.6 Å². The van der Waals surface area contributed by atoms with Gasteiger partial charge in [0, 0.05) is 24.0 Å². The van der Waals surface area contributed by atoms with E-state index in [1.165, 1.54) is 24.9 Å². The topological polar surface area (TPSA) is 29.3 Å². The van der Waals surface area contributed by atoms with E-state index in [-0.39, 0.29) is 0 Å². The molecule has 1 unspecified atom stereocenters. The average Bonchev–Trinajstić information content (AvgIpc) is 2.29. The van der Waals surface area contributed by atoms with Gasteiger partial charge in [0.15, 0.2) is 0 Å². The first-order chi connectivity index (χ1) is 7.69. The van der Waals surface area contributed by atoms with Crippen molar-refractivity contribution in [1.29, 1.82) is 0 Å². The zero-order chi connectivity index (χ0) is 12.0. The highest BCUT2D eigenvalue weighted by atomic mass is 15.2. The predicted octanol–water partition coefficient (Wildman–Crippen LogP) is 3.67. The molecule has 0 saturated carbocycles. The van der Waals surface area contributed by atoms with E-state index in [1.807, 2.05) is 12.1 Å². The lowest BCUT2D eigenvalue weighted by molar-refractivity contribution is 0.596. The highest BCUT2D eigenvalue weighted by Gasteiger charge is 2.12. The Hall–Kier alpha value is -1.18. The van der Waals surface area contributed by atoms with Gasteiger partial charge in [-0.3, -0.25) is 0 Å². The first kappa shape index (κ1) is 12.9. The molecule has 1 atom stereocenters. The first-order valence-corrected chi connectivity index (χ1v) is 6.31. The minimum absolute atomic E-state index is 0.577. The number of unbranched alkanes of at least 4 members (excludes halogenated alkanes) is 1. The minimum atomic E-state index is 0.577. The molecule has 0 bridgehead atoms. The second-order valence-electron chi connectivity index (χ2n) is 4.40. The summed E-state index contributed by atoms with van der Waals surface area (Å²) in [5.41, 5.74) is 7.94. The summed E-state index contributed by atoms with van der Waals surface area (Å²) in [5, 5.41) is 0. The maximum atomic E-state index is 5.84. The molecule has 0 saturated heterocycles. The van der Waals surface area contributed by atoms with Crippen LogP contribution >= 0.6 is 0 Å². The van der Waals surface area contributed by atoms with Gasteiger partial charge >= 0.3 is 0 Å². The van der Waals surface area contributed by atoms with Gasteiger partial charge in [-0.05, 0) is 38.0 Å². The minimum Gasteiger partial charge on any atom is -0.399 e. The van der Waals surface area contributed by atoms with Crippen LogP contribution in [0.3, 0.4) is 0 Å². The third-order valence-corrected chi connectivity index (χ3v) is 3.08. The first-order valence-electron chi connectivity index (χ1n) is 6.31. The Morgan fingerprint density at radius 3 is 2.62 bits per heavy atom. The highest BCUT2D eigenvalue weighted by Crippen LogP contribution is 2.21. The van der Waals surface area contributed by atoms with Crippen LogP contribution in [0.1, 0.15) is 40.0 Å². The number of hydrogen-bond donors (Lipinski definition) is 1. The van der Waals surface area contributed by atoms with Crippen LogP contribution in [0.4, 0.5) is 11.4 Å². The van der Waals surface area contributed by atoms with Crippen molar-refractivity contribution in [2.75, 3.05) is 17.2 Å². The summed E-state index contributed by atoms with van der Waals surface area (Å²) in [4.78, 5) is 2.46. The predicted molar refractivity (Wildman–Crippen MR) is 72.9 cm³/mol. The number of nitrogens with zero attached hydrogens (tertiary/aromatic N) is 1. The Labute approximate surface area is 99.5 Å². The molecular weight excluding hydrogens is 196 g/mol. The third kappa shape index (κ3) is 3.44. The third-order valence-electron chi connectivity index (χ3n) is 3.08. The summed E-state index contributed by atoms with van der Waals surface area (Å²) in [6, 6.07) is 8.78. The van der Waals surface area contributed by atoms with Crippen molar-refractivity contribution >= 4 is 11.4 Å². The molecule has 16 heavy (non-hydrogen) atoms. The molecule has 0 amide bonds. The van der Waals surface area contributed by atoms with Gasteiger partial charge in [-0.25, -0.2) is 0 Å². The lowest BCUT2D eigenvalue weighted by atomic mass is 10.1. The highest BCUT2D eigenvalue weighted by molar-refractivity contribution is 5.56. The van der Waals surface area contributed by atoms with Gasteiger partial charge in [-0.2, -0.15) is 0 Å². The number of rotatable bonds is 6. The van der Waals surface area contributed by atoms with Crippen molar-refractivity contribution < 1.29 is 0 Å². The molecule has 0 heterocycles. The van der Waals surface area contributed by atoms with Crippen molar-refractivity contribution in [3.8, 4) is 0 Å². The molecule has 0 aliphatic rings. The maximum absolute atomic E-state index is 5.84.